The Balaban J connectivity index is 1.57. The summed E-state index contributed by atoms with van der Waals surface area (Å²) in [5.74, 6) is -0.0471. The third-order valence-corrected chi connectivity index (χ3v) is 4.93. The zero-order valence-electron chi connectivity index (χ0n) is 15.9. The van der Waals surface area contributed by atoms with E-state index in [-0.39, 0.29) is 17.7 Å². The first-order valence-corrected chi connectivity index (χ1v) is 9.20. The van der Waals surface area contributed by atoms with Crippen molar-refractivity contribution < 1.29 is 9.21 Å². The lowest BCUT2D eigenvalue weighted by atomic mass is 9.87. The third kappa shape index (κ3) is 3.45. The maximum absolute atomic E-state index is 12.6. The summed E-state index contributed by atoms with van der Waals surface area (Å²) in [5.41, 5.74) is 3.87. The predicted octanol–water partition coefficient (Wildman–Crippen LogP) is 6.06. The van der Waals surface area contributed by atoms with Crippen LogP contribution in [0.3, 0.4) is 0 Å². The Morgan fingerprint density at radius 1 is 0.963 bits per heavy atom. The van der Waals surface area contributed by atoms with Crippen molar-refractivity contribution in [2.45, 2.75) is 32.6 Å². The van der Waals surface area contributed by atoms with Crippen molar-refractivity contribution in [3.63, 3.8) is 0 Å². The van der Waals surface area contributed by atoms with E-state index in [0.29, 0.717) is 0 Å². The van der Waals surface area contributed by atoms with Gasteiger partial charge in [0.15, 0.2) is 0 Å². The van der Waals surface area contributed by atoms with Gasteiger partial charge in [-0.2, -0.15) is 0 Å². The third-order valence-electron chi connectivity index (χ3n) is 4.93. The molecule has 0 unspecified atom stereocenters. The fraction of sp³-hybridized carbons (Fsp3) is 0.208. The van der Waals surface area contributed by atoms with Crippen molar-refractivity contribution in [1.29, 1.82) is 0 Å². The number of anilines is 1. The summed E-state index contributed by atoms with van der Waals surface area (Å²) in [7, 11) is 0. The zero-order chi connectivity index (χ0) is 19.0. The van der Waals surface area contributed by atoms with Gasteiger partial charge in [0.1, 0.15) is 5.58 Å². The van der Waals surface area contributed by atoms with E-state index in [4.69, 9.17) is 4.42 Å². The lowest BCUT2D eigenvalue weighted by molar-refractivity contribution is -0.115. The second kappa shape index (κ2) is 6.58. The molecule has 136 valence electrons. The molecule has 0 spiro atoms. The molecule has 0 saturated heterocycles. The molecule has 4 rings (SSSR count). The summed E-state index contributed by atoms with van der Waals surface area (Å²) < 4.78 is 5.68. The summed E-state index contributed by atoms with van der Waals surface area (Å²) in [5, 5.41) is 6.27. The Kier molecular flexibility index (Phi) is 4.23. The fourth-order valence-corrected chi connectivity index (χ4v) is 3.44. The molecule has 0 aliphatic carbocycles. The molecule has 0 bridgehead atoms. The number of carbonyl (C=O) groups excluding carboxylic acids is 1. The van der Waals surface area contributed by atoms with E-state index in [0.717, 1.165) is 33.0 Å². The maximum Gasteiger partial charge on any atom is 0.228 e. The molecule has 1 N–H and O–H groups in total. The van der Waals surface area contributed by atoms with Crippen molar-refractivity contribution in [3.8, 4) is 0 Å². The Morgan fingerprint density at radius 3 is 2.44 bits per heavy atom. The SMILES string of the molecule is CC(C)(C)c1ccc(NC(=O)Cc2coc3ccc4ccccc4c23)cc1. The smallest absolute Gasteiger partial charge is 0.228 e. The largest absolute Gasteiger partial charge is 0.464 e. The van der Waals surface area contributed by atoms with E-state index in [9.17, 15) is 4.79 Å². The molecule has 0 radical (unpaired) electrons. The molecule has 1 heterocycles. The second-order valence-corrected chi connectivity index (χ2v) is 7.97. The van der Waals surface area contributed by atoms with Crippen LogP contribution >= 0.6 is 0 Å². The molecule has 1 amide bonds. The topological polar surface area (TPSA) is 42.2 Å². The van der Waals surface area contributed by atoms with Crippen LogP contribution in [0, 0.1) is 0 Å². The molecular formula is C24H23NO2. The van der Waals surface area contributed by atoms with E-state index < -0.39 is 0 Å². The Morgan fingerprint density at radius 2 is 1.70 bits per heavy atom. The van der Waals surface area contributed by atoms with Gasteiger partial charge in [-0.3, -0.25) is 4.79 Å². The molecule has 27 heavy (non-hydrogen) atoms. The lowest BCUT2D eigenvalue weighted by Gasteiger charge is -2.19. The van der Waals surface area contributed by atoms with Gasteiger partial charge in [0, 0.05) is 16.6 Å². The van der Waals surface area contributed by atoms with E-state index in [2.05, 4.69) is 50.4 Å². The van der Waals surface area contributed by atoms with Crippen LogP contribution in [0.1, 0.15) is 31.9 Å². The van der Waals surface area contributed by atoms with Crippen molar-refractivity contribution in [2.24, 2.45) is 0 Å². The van der Waals surface area contributed by atoms with Gasteiger partial charge >= 0.3 is 0 Å². The minimum absolute atomic E-state index is 0.0471. The van der Waals surface area contributed by atoms with Crippen LogP contribution < -0.4 is 5.32 Å². The maximum atomic E-state index is 12.6. The van der Waals surface area contributed by atoms with E-state index in [1.807, 2.05) is 36.4 Å². The zero-order valence-corrected chi connectivity index (χ0v) is 15.9. The van der Waals surface area contributed by atoms with Gasteiger partial charge in [0.25, 0.3) is 0 Å². The summed E-state index contributed by atoms with van der Waals surface area (Å²) in [6, 6.07) is 20.2. The van der Waals surface area contributed by atoms with Crippen LogP contribution in [0.25, 0.3) is 21.7 Å². The summed E-state index contributed by atoms with van der Waals surface area (Å²) in [6.45, 7) is 6.53. The van der Waals surface area contributed by atoms with Gasteiger partial charge in [0.05, 0.1) is 12.7 Å². The molecule has 0 saturated carbocycles. The number of nitrogens with one attached hydrogen (secondary N) is 1. The number of fused-ring (bicyclic) bond motifs is 3. The standard InChI is InChI=1S/C24H23NO2/c1-24(2,3)18-9-11-19(12-10-18)25-22(26)14-17-15-27-21-13-8-16-6-4-5-7-20(16)23(17)21/h4-13,15H,14H2,1-3H3,(H,25,26). The van der Waals surface area contributed by atoms with Crippen LogP contribution in [0.4, 0.5) is 5.69 Å². The fourth-order valence-electron chi connectivity index (χ4n) is 3.44. The predicted molar refractivity (Wildman–Crippen MR) is 111 cm³/mol. The van der Waals surface area contributed by atoms with E-state index in [1.54, 1.807) is 6.26 Å². The van der Waals surface area contributed by atoms with E-state index >= 15 is 0 Å². The number of amides is 1. The van der Waals surface area contributed by atoms with Crippen LogP contribution in [0.2, 0.25) is 0 Å². The Bertz CT molecular complexity index is 1110. The minimum Gasteiger partial charge on any atom is -0.464 e. The number of hydrogen-bond donors (Lipinski definition) is 1. The lowest BCUT2D eigenvalue weighted by Crippen LogP contribution is -2.15. The molecule has 3 aromatic carbocycles. The molecule has 0 aliphatic rings. The van der Waals surface area contributed by atoms with Gasteiger partial charge in [-0.25, -0.2) is 0 Å². The first kappa shape index (κ1) is 17.3. The first-order valence-electron chi connectivity index (χ1n) is 9.20. The van der Waals surface area contributed by atoms with Crippen LogP contribution in [0.5, 0.6) is 0 Å². The molecule has 3 heteroatoms. The van der Waals surface area contributed by atoms with Crippen LogP contribution in [-0.4, -0.2) is 5.91 Å². The molecule has 3 nitrogen and oxygen atoms in total. The van der Waals surface area contributed by atoms with E-state index in [1.165, 1.54) is 5.56 Å². The minimum atomic E-state index is -0.0471. The van der Waals surface area contributed by atoms with Gasteiger partial charge in [0.2, 0.25) is 5.91 Å². The highest BCUT2D eigenvalue weighted by molar-refractivity contribution is 6.09. The summed E-state index contributed by atoms with van der Waals surface area (Å²) in [4.78, 5) is 12.6. The molecule has 0 fully saturated rings. The van der Waals surface area contributed by atoms with Crippen LogP contribution in [-0.2, 0) is 16.6 Å². The highest BCUT2D eigenvalue weighted by Gasteiger charge is 2.15. The Hall–Kier alpha value is -3.07. The molecule has 0 atom stereocenters. The second-order valence-electron chi connectivity index (χ2n) is 7.97. The average Bonchev–Trinajstić information content (AvgIpc) is 3.04. The van der Waals surface area contributed by atoms with Gasteiger partial charge in [-0.15, -0.1) is 0 Å². The number of furan rings is 1. The molecule has 4 aromatic rings. The quantitative estimate of drug-likeness (QED) is 0.484. The number of benzene rings is 3. The monoisotopic (exact) mass is 357 g/mol. The van der Waals surface area contributed by atoms with Gasteiger partial charge in [-0.1, -0.05) is 63.2 Å². The normalized spacial score (nSPS) is 11.8. The highest BCUT2D eigenvalue weighted by atomic mass is 16.3. The highest BCUT2D eigenvalue weighted by Crippen LogP contribution is 2.30. The number of carbonyl (C=O) groups is 1. The number of rotatable bonds is 3. The molecule has 1 aromatic heterocycles. The Labute approximate surface area is 159 Å². The number of hydrogen-bond acceptors (Lipinski definition) is 2. The van der Waals surface area contributed by atoms with Crippen molar-refractivity contribution in [1.82, 2.24) is 0 Å². The van der Waals surface area contributed by atoms with Gasteiger partial charge in [-0.05, 0) is 39.9 Å². The molecule has 0 aliphatic heterocycles. The van der Waals surface area contributed by atoms with Crippen molar-refractivity contribution in [3.05, 3.63) is 78.1 Å². The summed E-state index contributed by atoms with van der Waals surface area (Å²) in [6.07, 6.45) is 1.97. The van der Waals surface area contributed by atoms with Gasteiger partial charge < -0.3 is 9.73 Å². The average molecular weight is 357 g/mol. The van der Waals surface area contributed by atoms with Crippen molar-refractivity contribution in [2.75, 3.05) is 5.32 Å². The first-order chi connectivity index (χ1) is 12.9. The van der Waals surface area contributed by atoms with Crippen molar-refractivity contribution >= 4 is 33.3 Å². The summed E-state index contributed by atoms with van der Waals surface area (Å²) >= 11 is 0. The molecular weight excluding hydrogens is 334 g/mol. The van der Waals surface area contributed by atoms with Crippen LogP contribution in [0.15, 0.2) is 71.3 Å².